The standard InChI is InChI=1S/C72H57N3O3/c1-70(2)55-19-7-13-25-61(55)73(62-26-14-8-20-56(62)70)52-37-31-46(32-38-52)67(76)49-43-50(68(77)47-33-39-53(40-34-47)74-63-27-15-9-21-57(63)71(3,4)58-22-10-16-28-64(58)74)45-51(44-49)69(78)48-35-41-54(42-36-48)75-65-29-17-11-23-59(65)72(5,6)60-24-12-18-30-66(60)75/h7-45H,1-6H3. The van der Waals surface area contributed by atoms with Gasteiger partial charge in [0.2, 0.25) is 0 Å². The molecule has 0 atom stereocenters. The van der Waals surface area contributed by atoms with E-state index in [9.17, 15) is 14.4 Å². The van der Waals surface area contributed by atoms with Gasteiger partial charge < -0.3 is 14.7 Å². The lowest BCUT2D eigenvalue weighted by atomic mass is 9.73. The predicted octanol–water partition coefficient (Wildman–Crippen LogP) is 17.7. The van der Waals surface area contributed by atoms with Gasteiger partial charge in [-0.1, -0.05) is 151 Å². The Kier molecular flexibility index (Phi) is 11.2. The van der Waals surface area contributed by atoms with Gasteiger partial charge in [-0.15, -0.1) is 0 Å². The van der Waals surface area contributed by atoms with Gasteiger partial charge in [-0.05, 0) is 161 Å². The van der Waals surface area contributed by atoms with Crippen molar-refractivity contribution in [2.75, 3.05) is 14.7 Å². The third-order valence-electron chi connectivity index (χ3n) is 16.8. The summed E-state index contributed by atoms with van der Waals surface area (Å²) in [6.45, 7) is 13.6. The van der Waals surface area contributed by atoms with Crippen LogP contribution in [0, 0.1) is 0 Å². The Hall–Kier alpha value is -9.39. The van der Waals surface area contributed by atoms with Crippen molar-refractivity contribution in [1.82, 2.24) is 0 Å². The van der Waals surface area contributed by atoms with Gasteiger partial charge in [-0.3, -0.25) is 14.4 Å². The van der Waals surface area contributed by atoms with Gasteiger partial charge in [0.25, 0.3) is 0 Å². The van der Waals surface area contributed by atoms with Crippen molar-refractivity contribution in [2.24, 2.45) is 0 Å². The molecule has 3 heterocycles. The Balaban J connectivity index is 0.867. The Morgan fingerprint density at radius 2 is 0.423 bits per heavy atom. The third kappa shape index (κ3) is 7.57. The lowest BCUT2D eigenvalue weighted by molar-refractivity contribution is 0.103. The Morgan fingerprint density at radius 1 is 0.244 bits per heavy atom. The zero-order valence-corrected chi connectivity index (χ0v) is 44.6. The molecule has 378 valence electrons. The minimum absolute atomic E-state index is 0.215. The molecule has 0 amide bonds. The molecule has 0 saturated heterocycles. The lowest BCUT2D eigenvalue weighted by Crippen LogP contribution is -2.30. The van der Waals surface area contributed by atoms with E-state index in [0.717, 1.165) is 51.2 Å². The number of hydrogen-bond donors (Lipinski definition) is 0. The molecule has 0 fully saturated rings. The molecular weight excluding hydrogens is 955 g/mol. The second-order valence-corrected chi connectivity index (χ2v) is 22.4. The van der Waals surface area contributed by atoms with E-state index in [2.05, 4.69) is 202 Å². The van der Waals surface area contributed by atoms with E-state index in [4.69, 9.17) is 0 Å². The van der Waals surface area contributed by atoms with Crippen molar-refractivity contribution in [3.8, 4) is 0 Å². The number of carbonyl (C=O) groups is 3. The van der Waals surface area contributed by atoms with Gasteiger partial charge in [0.05, 0.1) is 34.1 Å². The molecule has 0 aromatic heterocycles. The zero-order valence-electron chi connectivity index (χ0n) is 44.6. The van der Waals surface area contributed by atoms with Crippen LogP contribution in [0.1, 0.15) is 123 Å². The molecule has 10 aromatic carbocycles. The van der Waals surface area contributed by atoms with Crippen LogP contribution in [0.5, 0.6) is 0 Å². The first-order valence-electron chi connectivity index (χ1n) is 26.8. The van der Waals surface area contributed by atoms with Gasteiger partial charge in [0.1, 0.15) is 0 Å². The normalized spacial score (nSPS) is 14.9. The van der Waals surface area contributed by atoms with E-state index in [1.54, 1.807) is 18.2 Å². The number of ketones is 3. The fourth-order valence-electron chi connectivity index (χ4n) is 12.6. The molecule has 0 bridgehead atoms. The van der Waals surface area contributed by atoms with E-state index in [0.29, 0.717) is 16.7 Å². The highest BCUT2D eigenvalue weighted by atomic mass is 16.1. The quantitative estimate of drug-likeness (QED) is 0.134. The first-order chi connectivity index (χ1) is 37.7. The summed E-state index contributed by atoms with van der Waals surface area (Å²) in [5, 5.41) is 0. The van der Waals surface area contributed by atoms with Gasteiger partial charge in [0.15, 0.2) is 17.3 Å². The van der Waals surface area contributed by atoms with Crippen LogP contribution in [0.15, 0.2) is 237 Å². The molecule has 0 spiro atoms. The highest BCUT2D eigenvalue weighted by molar-refractivity contribution is 6.17. The first-order valence-corrected chi connectivity index (χ1v) is 26.8. The van der Waals surface area contributed by atoms with Crippen LogP contribution in [0.3, 0.4) is 0 Å². The van der Waals surface area contributed by atoms with Gasteiger partial charge in [-0.25, -0.2) is 0 Å². The third-order valence-corrected chi connectivity index (χ3v) is 16.8. The van der Waals surface area contributed by atoms with Crippen molar-refractivity contribution in [3.63, 3.8) is 0 Å². The topological polar surface area (TPSA) is 60.9 Å². The maximum absolute atomic E-state index is 14.9. The fraction of sp³-hybridized carbons (Fsp3) is 0.125. The van der Waals surface area contributed by atoms with Crippen LogP contribution in [0.25, 0.3) is 0 Å². The van der Waals surface area contributed by atoms with E-state index < -0.39 is 0 Å². The largest absolute Gasteiger partial charge is 0.310 e. The first kappa shape index (κ1) is 48.3. The summed E-state index contributed by atoms with van der Waals surface area (Å²) in [7, 11) is 0. The smallest absolute Gasteiger partial charge is 0.193 e. The maximum Gasteiger partial charge on any atom is 0.193 e. The molecule has 78 heavy (non-hydrogen) atoms. The average Bonchev–Trinajstić information content (AvgIpc) is 3.50. The molecule has 0 radical (unpaired) electrons. The summed E-state index contributed by atoms with van der Waals surface area (Å²) < 4.78 is 0. The second kappa shape index (κ2) is 18.1. The lowest BCUT2D eigenvalue weighted by Gasteiger charge is -2.42. The summed E-state index contributed by atoms with van der Waals surface area (Å²) in [6, 6.07) is 78.7. The summed E-state index contributed by atoms with van der Waals surface area (Å²) >= 11 is 0. The highest BCUT2D eigenvalue weighted by Crippen LogP contribution is 2.54. The number of rotatable bonds is 9. The summed E-state index contributed by atoms with van der Waals surface area (Å²) in [6.07, 6.45) is 0. The molecule has 10 aromatic rings. The van der Waals surface area contributed by atoms with Crippen LogP contribution in [-0.2, 0) is 16.2 Å². The van der Waals surface area contributed by atoms with Crippen molar-refractivity contribution in [3.05, 3.63) is 303 Å². The minimum Gasteiger partial charge on any atom is -0.310 e. The number of anilines is 9. The zero-order chi connectivity index (χ0) is 53.7. The number of para-hydroxylation sites is 6. The molecular formula is C72H57N3O3. The number of hydrogen-bond acceptors (Lipinski definition) is 6. The van der Waals surface area contributed by atoms with Crippen LogP contribution in [0.4, 0.5) is 51.2 Å². The summed E-state index contributed by atoms with van der Waals surface area (Å²) in [4.78, 5) is 51.5. The molecule has 6 nitrogen and oxygen atoms in total. The molecule has 3 aliphatic rings. The molecule has 0 N–H and O–H groups in total. The van der Waals surface area contributed by atoms with Crippen LogP contribution in [-0.4, -0.2) is 17.3 Å². The van der Waals surface area contributed by atoms with Gasteiger partial charge in [-0.2, -0.15) is 0 Å². The Morgan fingerprint density at radius 3 is 0.615 bits per heavy atom. The number of fused-ring (bicyclic) bond motifs is 6. The van der Waals surface area contributed by atoms with E-state index in [1.165, 1.54) is 33.4 Å². The van der Waals surface area contributed by atoms with Crippen LogP contribution >= 0.6 is 0 Å². The Labute approximate surface area is 456 Å². The molecule has 0 saturated carbocycles. The van der Waals surface area contributed by atoms with Crippen LogP contribution in [0.2, 0.25) is 0 Å². The summed E-state index contributed by atoms with van der Waals surface area (Å²) in [5.74, 6) is -0.897. The highest BCUT2D eigenvalue weighted by Gasteiger charge is 2.39. The van der Waals surface area contributed by atoms with Crippen molar-refractivity contribution >= 4 is 68.5 Å². The fourth-order valence-corrected chi connectivity index (χ4v) is 12.6. The van der Waals surface area contributed by atoms with Crippen molar-refractivity contribution < 1.29 is 14.4 Å². The van der Waals surface area contributed by atoms with Crippen molar-refractivity contribution in [1.29, 1.82) is 0 Å². The second-order valence-electron chi connectivity index (χ2n) is 22.4. The van der Waals surface area contributed by atoms with Crippen LogP contribution < -0.4 is 14.7 Å². The predicted molar refractivity (Wildman–Crippen MR) is 316 cm³/mol. The Bertz CT molecular complexity index is 3490. The van der Waals surface area contributed by atoms with Gasteiger partial charge >= 0.3 is 0 Å². The number of nitrogens with zero attached hydrogens (tertiary/aromatic N) is 3. The maximum atomic E-state index is 14.9. The van der Waals surface area contributed by atoms with E-state index >= 15 is 0 Å². The van der Waals surface area contributed by atoms with Gasteiger partial charge in [0, 0.05) is 66.7 Å². The molecule has 0 aliphatic carbocycles. The van der Waals surface area contributed by atoms with Crippen molar-refractivity contribution in [2.45, 2.75) is 57.8 Å². The molecule has 0 unspecified atom stereocenters. The average molecular weight is 1010 g/mol. The number of benzene rings is 10. The van der Waals surface area contributed by atoms with E-state index in [-0.39, 0.29) is 50.3 Å². The summed E-state index contributed by atoms with van der Waals surface area (Å²) in [5.41, 5.74) is 17.9. The monoisotopic (exact) mass is 1010 g/mol. The van der Waals surface area contributed by atoms with E-state index in [1.807, 2.05) is 72.8 Å². The molecule has 13 rings (SSSR count). The molecule has 6 heteroatoms. The SMILES string of the molecule is CC1(C)c2ccccc2N(c2ccc(C(=O)c3cc(C(=O)c4ccc(N5c6ccccc6C(C)(C)c6ccccc65)cc4)cc(C(=O)c4ccc(N5c6ccccc6C(C)(C)c6ccccc65)cc4)c3)cc2)c2ccccc21. The number of carbonyl (C=O) groups excluding carboxylic acids is 3. The molecule has 3 aliphatic heterocycles. The minimum atomic E-state index is -0.299.